The van der Waals surface area contributed by atoms with Crippen LogP contribution in [0.15, 0.2) is 38.7 Å². The number of rotatable bonds is 1. The Morgan fingerprint density at radius 2 is 1.28 bits per heavy atom. The second-order valence-electron chi connectivity index (χ2n) is 4.61. The SMILES string of the molecule is FC(F)(F)C1=NC(C(F)(F)F)(C(F)(F)F)N=C(c2ccc(Br)cc2)O1. The van der Waals surface area contributed by atoms with Gasteiger partial charge in [-0.1, -0.05) is 15.9 Å². The summed E-state index contributed by atoms with van der Waals surface area (Å²) in [5.74, 6) is -4.21. The highest BCUT2D eigenvalue weighted by atomic mass is 79.9. The Balaban J connectivity index is 2.74. The first-order chi connectivity index (χ1) is 11.2. The molecule has 25 heavy (non-hydrogen) atoms. The lowest BCUT2D eigenvalue weighted by Gasteiger charge is -2.34. The van der Waals surface area contributed by atoms with Crippen LogP contribution >= 0.6 is 15.9 Å². The first kappa shape index (κ1) is 19.5. The second kappa shape index (κ2) is 5.88. The summed E-state index contributed by atoms with van der Waals surface area (Å²) in [7, 11) is 0. The number of nitrogens with zero attached hydrogens (tertiary/aromatic N) is 2. The average Bonchev–Trinajstić information content (AvgIpc) is 2.44. The van der Waals surface area contributed by atoms with Gasteiger partial charge in [0, 0.05) is 10.0 Å². The Hall–Kier alpha value is -1.79. The maximum absolute atomic E-state index is 13.0. The van der Waals surface area contributed by atoms with Crippen LogP contribution in [-0.2, 0) is 4.74 Å². The van der Waals surface area contributed by atoms with E-state index in [0.717, 1.165) is 12.1 Å². The highest BCUT2D eigenvalue weighted by Gasteiger charge is 2.74. The van der Waals surface area contributed by atoms with Crippen LogP contribution in [-0.4, -0.2) is 36.0 Å². The molecule has 0 aromatic heterocycles. The Morgan fingerprint density at radius 1 is 0.800 bits per heavy atom. The molecular formula is C12H4BrF9N2O. The molecule has 0 atom stereocenters. The molecule has 0 radical (unpaired) electrons. The Morgan fingerprint density at radius 3 is 1.68 bits per heavy atom. The smallest absolute Gasteiger partial charge is 0.416 e. The summed E-state index contributed by atoms with van der Waals surface area (Å²) in [4.78, 5) is 4.10. The molecule has 0 spiro atoms. The molecule has 3 nitrogen and oxygen atoms in total. The van der Waals surface area contributed by atoms with E-state index in [4.69, 9.17) is 0 Å². The number of halogens is 10. The van der Waals surface area contributed by atoms with Gasteiger partial charge in [0.1, 0.15) is 0 Å². The van der Waals surface area contributed by atoms with Gasteiger partial charge in [-0.15, -0.1) is 0 Å². The van der Waals surface area contributed by atoms with Gasteiger partial charge in [0.15, 0.2) is 0 Å². The zero-order chi connectivity index (χ0) is 19.3. The van der Waals surface area contributed by atoms with E-state index < -0.39 is 41.6 Å². The summed E-state index contributed by atoms with van der Waals surface area (Å²) in [6.45, 7) is 0. The first-order valence-corrected chi connectivity index (χ1v) is 6.81. The maximum atomic E-state index is 13.0. The third-order valence-corrected chi connectivity index (χ3v) is 3.37. The lowest BCUT2D eigenvalue weighted by molar-refractivity contribution is -0.294. The Kier molecular flexibility index (Phi) is 4.60. The van der Waals surface area contributed by atoms with Crippen molar-refractivity contribution in [2.45, 2.75) is 24.2 Å². The van der Waals surface area contributed by atoms with E-state index in [0.29, 0.717) is 4.47 Å². The molecule has 0 aliphatic carbocycles. The van der Waals surface area contributed by atoms with Crippen molar-refractivity contribution in [3.8, 4) is 0 Å². The Bertz CT molecular complexity index is 702. The highest BCUT2D eigenvalue weighted by Crippen LogP contribution is 2.49. The summed E-state index contributed by atoms with van der Waals surface area (Å²) in [5.41, 5.74) is -5.86. The number of aliphatic imine (C=N–C) groups is 2. The molecule has 0 fully saturated rings. The van der Waals surface area contributed by atoms with Crippen molar-refractivity contribution in [2.24, 2.45) is 9.98 Å². The van der Waals surface area contributed by atoms with Crippen molar-refractivity contribution in [3.63, 3.8) is 0 Å². The molecule has 0 saturated carbocycles. The van der Waals surface area contributed by atoms with E-state index in [1.54, 1.807) is 4.99 Å². The molecule has 2 rings (SSSR count). The minimum atomic E-state index is -6.29. The van der Waals surface area contributed by atoms with Crippen molar-refractivity contribution in [2.75, 3.05) is 0 Å². The predicted octanol–water partition coefficient (Wildman–Crippen LogP) is 5.01. The van der Waals surface area contributed by atoms with Gasteiger partial charge in [0.05, 0.1) is 0 Å². The van der Waals surface area contributed by atoms with Crippen LogP contribution in [0.4, 0.5) is 39.5 Å². The van der Waals surface area contributed by atoms with Crippen LogP contribution in [0.1, 0.15) is 5.56 Å². The second-order valence-corrected chi connectivity index (χ2v) is 5.52. The largest absolute Gasteiger partial charge is 0.468 e. The van der Waals surface area contributed by atoms with Crippen LogP contribution in [0.2, 0.25) is 0 Å². The first-order valence-electron chi connectivity index (χ1n) is 6.01. The number of alkyl halides is 9. The van der Waals surface area contributed by atoms with E-state index in [9.17, 15) is 39.5 Å². The highest BCUT2D eigenvalue weighted by molar-refractivity contribution is 9.10. The van der Waals surface area contributed by atoms with E-state index in [-0.39, 0.29) is 0 Å². The number of ether oxygens (including phenoxy) is 1. The van der Waals surface area contributed by atoms with Crippen molar-refractivity contribution in [3.05, 3.63) is 34.3 Å². The summed E-state index contributed by atoms with van der Waals surface area (Å²) in [6.07, 6.45) is -18.3. The number of hydrogen-bond acceptors (Lipinski definition) is 3. The average molecular weight is 443 g/mol. The summed E-state index contributed by atoms with van der Waals surface area (Å²) < 4.78 is 121. The zero-order valence-corrected chi connectivity index (χ0v) is 13.0. The molecule has 1 aromatic carbocycles. The number of benzene rings is 1. The molecule has 0 amide bonds. The van der Waals surface area contributed by atoms with Gasteiger partial charge >= 0.3 is 30.1 Å². The van der Waals surface area contributed by atoms with E-state index in [2.05, 4.69) is 25.7 Å². The third-order valence-electron chi connectivity index (χ3n) is 2.84. The van der Waals surface area contributed by atoms with Gasteiger partial charge in [-0.2, -0.15) is 44.5 Å². The molecule has 1 heterocycles. The monoisotopic (exact) mass is 442 g/mol. The normalized spacial score (nSPS) is 18.3. The van der Waals surface area contributed by atoms with Gasteiger partial charge in [-0.25, -0.2) is 4.99 Å². The molecule has 138 valence electrons. The lowest BCUT2D eigenvalue weighted by Crippen LogP contribution is -2.57. The molecule has 0 N–H and O–H groups in total. The van der Waals surface area contributed by atoms with Gasteiger partial charge < -0.3 is 4.74 Å². The zero-order valence-electron chi connectivity index (χ0n) is 11.4. The molecule has 1 aliphatic heterocycles. The van der Waals surface area contributed by atoms with E-state index >= 15 is 0 Å². The quantitative estimate of drug-likeness (QED) is 0.563. The van der Waals surface area contributed by atoms with Crippen molar-refractivity contribution >= 4 is 27.7 Å². The van der Waals surface area contributed by atoms with Crippen molar-refractivity contribution in [1.29, 1.82) is 0 Å². The van der Waals surface area contributed by atoms with Crippen LogP contribution in [0.5, 0.6) is 0 Å². The van der Waals surface area contributed by atoms with Crippen molar-refractivity contribution in [1.82, 2.24) is 0 Å². The van der Waals surface area contributed by atoms with E-state index in [1.807, 2.05) is 0 Å². The van der Waals surface area contributed by atoms with Gasteiger partial charge in [0.2, 0.25) is 5.90 Å². The lowest BCUT2D eigenvalue weighted by atomic mass is 10.1. The Labute approximate surface area is 141 Å². The van der Waals surface area contributed by atoms with Crippen LogP contribution in [0.25, 0.3) is 0 Å². The molecule has 0 saturated heterocycles. The summed E-state index contributed by atoms with van der Waals surface area (Å²) >= 11 is 2.95. The molecule has 1 aliphatic rings. The fraction of sp³-hybridized carbons (Fsp3) is 0.333. The molecule has 13 heteroatoms. The standard InChI is InChI=1S/C12H4BrF9N2O/c13-6-3-1-5(2-4-6)7-23-10(11(17,18)19,12(20,21)22)24-8(25-7)9(14,15)16/h1-4H. The topological polar surface area (TPSA) is 34.0 Å². The molecular weight excluding hydrogens is 439 g/mol. The maximum Gasteiger partial charge on any atom is 0.468 e. The minimum absolute atomic E-state index is 0.371. The van der Waals surface area contributed by atoms with Gasteiger partial charge in [-0.05, 0) is 24.3 Å². The number of hydrogen-bond donors (Lipinski definition) is 0. The summed E-state index contributed by atoms with van der Waals surface area (Å²) in [6, 6.07) is 4.20. The van der Waals surface area contributed by atoms with Crippen molar-refractivity contribution < 1.29 is 44.3 Å². The molecule has 0 unspecified atom stereocenters. The van der Waals surface area contributed by atoms with Gasteiger partial charge in [-0.3, -0.25) is 0 Å². The van der Waals surface area contributed by atoms with E-state index in [1.165, 1.54) is 12.1 Å². The predicted molar refractivity (Wildman–Crippen MR) is 70.1 cm³/mol. The van der Waals surface area contributed by atoms with Crippen LogP contribution < -0.4 is 0 Å². The third kappa shape index (κ3) is 3.60. The molecule has 1 aromatic rings. The fourth-order valence-corrected chi connectivity index (χ4v) is 1.97. The van der Waals surface area contributed by atoms with Crippen LogP contribution in [0, 0.1) is 0 Å². The minimum Gasteiger partial charge on any atom is -0.416 e. The van der Waals surface area contributed by atoms with Crippen LogP contribution in [0.3, 0.4) is 0 Å². The fourth-order valence-electron chi connectivity index (χ4n) is 1.71. The van der Waals surface area contributed by atoms with Gasteiger partial charge in [0.25, 0.3) is 0 Å². The summed E-state index contributed by atoms with van der Waals surface area (Å²) in [5, 5.41) is 0. The molecule has 0 bridgehead atoms.